The van der Waals surface area contributed by atoms with E-state index in [0.29, 0.717) is 29.4 Å². The zero-order chi connectivity index (χ0) is 21.3. The van der Waals surface area contributed by atoms with Crippen molar-refractivity contribution >= 4 is 37.2 Å². The van der Waals surface area contributed by atoms with Crippen molar-refractivity contribution in [2.45, 2.75) is 64.4 Å². The Balaban J connectivity index is 2.29. The van der Waals surface area contributed by atoms with Crippen LogP contribution in [0.3, 0.4) is 0 Å². The minimum Gasteiger partial charge on any atom is -0.412 e. The molecule has 1 aliphatic rings. The molecule has 1 fully saturated rings. The highest BCUT2D eigenvalue weighted by atomic mass is 35.5. The Bertz CT molecular complexity index is 786. The lowest BCUT2D eigenvalue weighted by molar-refractivity contribution is -0.120. The lowest BCUT2D eigenvalue weighted by Gasteiger charge is -2.46. The Kier molecular flexibility index (Phi) is 6.69. The minimum atomic E-state index is -1.98. The third kappa shape index (κ3) is 4.99. The third-order valence-corrected chi connectivity index (χ3v) is 10.7. The molecule has 3 N–H and O–H groups in total. The molecule has 8 heteroatoms. The van der Waals surface area contributed by atoms with Gasteiger partial charge < -0.3 is 20.4 Å². The number of nitrogens with one attached hydrogen (secondary N) is 1. The van der Waals surface area contributed by atoms with Crippen LogP contribution in [0.1, 0.15) is 39.7 Å². The number of amides is 1. The van der Waals surface area contributed by atoms with Crippen LogP contribution < -0.4 is 16.0 Å². The second-order valence-electron chi connectivity index (χ2n) is 8.97. The summed E-state index contributed by atoms with van der Waals surface area (Å²) < 4.78 is 6.63. The van der Waals surface area contributed by atoms with Gasteiger partial charge in [-0.05, 0) is 36.7 Å². The van der Waals surface area contributed by atoms with E-state index in [-0.39, 0.29) is 23.1 Å². The van der Waals surface area contributed by atoms with Crippen molar-refractivity contribution < 1.29 is 9.22 Å². The summed E-state index contributed by atoms with van der Waals surface area (Å²) in [7, 11) is -1.98. The lowest BCUT2D eigenvalue weighted by Crippen LogP contribution is -2.59. The fourth-order valence-corrected chi connectivity index (χ4v) is 4.79. The largest absolute Gasteiger partial charge is 0.412 e. The Morgan fingerprint density at radius 3 is 2.61 bits per heavy atom. The smallest absolute Gasteiger partial charge is 0.217 e. The average molecular weight is 423 g/mol. The molecule has 0 aromatic heterocycles. The van der Waals surface area contributed by atoms with Gasteiger partial charge in [0.15, 0.2) is 8.32 Å². The van der Waals surface area contributed by atoms with Gasteiger partial charge in [0.2, 0.25) is 5.91 Å². The predicted octanol–water partition coefficient (Wildman–Crippen LogP) is 3.90. The van der Waals surface area contributed by atoms with Gasteiger partial charge in [0.25, 0.3) is 0 Å². The number of carbonyl (C=O) groups is 1. The SMILES string of the molecule is CC(=O)N[C@@H]1CN(c2cc(C#N)cc(N)c2Cl)CC[C@H]1O[Si](C)(C)C(C)(C)C. The summed E-state index contributed by atoms with van der Waals surface area (Å²) in [6.45, 7) is 13.8. The Labute approximate surface area is 174 Å². The molecule has 1 heterocycles. The van der Waals surface area contributed by atoms with Crippen molar-refractivity contribution in [3.05, 3.63) is 22.7 Å². The molecule has 28 heavy (non-hydrogen) atoms. The van der Waals surface area contributed by atoms with Gasteiger partial charge in [-0.3, -0.25) is 4.79 Å². The predicted molar refractivity (Wildman–Crippen MR) is 117 cm³/mol. The van der Waals surface area contributed by atoms with Gasteiger partial charge in [0, 0.05) is 20.0 Å². The quantitative estimate of drug-likeness (QED) is 0.567. The second-order valence-corrected chi connectivity index (χ2v) is 14.1. The van der Waals surface area contributed by atoms with Crippen LogP contribution in [0.25, 0.3) is 0 Å². The molecule has 6 nitrogen and oxygen atoms in total. The number of nitriles is 1. The number of halogens is 1. The molecular formula is C20H31ClN4O2Si. The fourth-order valence-electron chi connectivity index (χ4n) is 3.17. The number of hydrogen-bond donors (Lipinski definition) is 2. The average Bonchev–Trinajstić information content (AvgIpc) is 2.57. The molecule has 1 amide bonds. The first-order chi connectivity index (χ1) is 12.9. The van der Waals surface area contributed by atoms with Gasteiger partial charge in [0.05, 0.1) is 40.2 Å². The first kappa shape index (κ1) is 22.5. The summed E-state index contributed by atoms with van der Waals surface area (Å²) in [5.74, 6) is -0.0907. The number of nitrogens with two attached hydrogens (primary N) is 1. The van der Waals surface area contributed by atoms with Crippen LogP contribution >= 0.6 is 11.6 Å². The molecular weight excluding hydrogens is 392 g/mol. The first-order valence-electron chi connectivity index (χ1n) is 9.54. The third-order valence-electron chi connectivity index (χ3n) is 5.74. The molecule has 0 saturated carbocycles. The number of anilines is 2. The first-order valence-corrected chi connectivity index (χ1v) is 12.8. The van der Waals surface area contributed by atoms with Gasteiger partial charge in [-0.1, -0.05) is 32.4 Å². The maximum absolute atomic E-state index is 11.8. The van der Waals surface area contributed by atoms with Crippen LogP contribution in [0, 0.1) is 11.3 Å². The van der Waals surface area contributed by atoms with E-state index in [1.165, 1.54) is 6.92 Å². The summed E-state index contributed by atoms with van der Waals surface area (Å²) >= 11 is 6.42. The maximum Gasteiger partial charge on any atom is 0.217 e. The molecule has 2 atom stereocenters. The molecule has 0 spiro atoms. The molecule has 1 aromatic carbocycles. The molecule has 2 rings (SSSR count). The van der Waals surface area contributed by atoms with Crippen LogP contribution in [0.5, 0.6) is 0 Å². The van der Waals surface area contributed by atoms with Gasteiger partial charge in [-0.25, -0.2) is 0 Å². The molecule has 1 saturated heterocycles. The maximum atomic E-state index is 11.8. The van der Waals surface area contributed by atoms with Crippen LogP contribution in [0.2, 0.25) is 23.2 Å². The van der Waals surface area contributed by atoms with E-state index in [2.05, 4.69) is 50.2 Å². The molecule has 0 bridgehead atoms. The minimum absolute atomic E-state index is 0.0590. The van der Waals surface area contributed by atoms with Gasteiger partial charge in [-0.2, -0.15) is 5.26 Å². The van der Waals surface area contributed by atoms with Gasteiger partial charge >= 0.3 is 0 Å². The molecule has 1 aliphatic heterocycles. The molecule has 0 radical (unpaired) electrons. The van der Waals surface area contributed by atoms with Crippen molar-refractivity contribution in [1.29, 1.82) is 5.26 Å². The number of piperidine rings is 1. The Hall–Kier alpha value is -1.75. The van der Waals surface area contributed by atoms with Gasteiger partial charge in [-0.15, -0.1) is 0 Å². The number of carbonyl (C=O) groups excluding carboxylic acids is 1. The van der Waals surface area contributed by atoms with E-state index >= 15 is 0 Å². The van der Waals surface area contributed by atoms with E-state index in [1.54, 1.807) is 12.1 Å². The summed E-state index contributed by atoms with van der Waals surface area (Å²) in [6.07, 6.45) is 0.695. The summed E-state index contributed by atoms with van der Waals surface area (Å²) in [4.78, 5) is 13.9. The monoisotopic (exact) mass is 422 g/mol. The number of hydrogen-bond acceptors (Lipinski definition) is 5. The number of benzene rings is 1. The highest BCUT2D eigenvalue weighted by molar-refractivity contribution is 6.74. The van der Waals surface area contributed by atoms with E-state index in [4.69, 9.17) is 21.8 Å². The Morgan fingerprint density at radius 1 is 1.43 bits per heavy atom. The van der Waals surface area contributed by atoms with E-state index < -0.39 is 8.32 Å². The summed E-state index contributed by atoms with van der Waals surface area (Å²) in [5.41, 5.74) is 7.55. The van der Waals surface area contributed by atoms with Crippen molar-refractivity contribution in [3.8, 4) is 6.07 Å². The van der Waals surface area contributed by atoms with Crippen molar-refractivity contribution in [2.75, 3.05) is 23.7 Å². The van der Waals surface area contributed by atoms with E-state index in [0.717, 1.165) is 12.1 Å². The van der Waals surface area contributed by atoms with Crippen LogP contribution in [-0.2, 0) is 9.22 Å². The number of nitrogens with zero attached hydrogens (tertiary/aromatic N) is 2. The van der Waals surface area contributed by atoms with Crippen LogP contribution in [0.15, 0.2) is 12.1 Å². The fraction of sp³-hybridized carbons (Fsp3) is 0.600. The standard InChI is InChI=1S/C20H31ClN4O2Si/c1-13(26)24-16-12-25(17-10-14(11-22)9-15(23)19(17)21)8-7-18(16)27-28(5,6)20(2,3)4/h9-10,16,18H,7-8,12,23H2,1-6H3,(H,24,26)/t16-,18-/m1/s1. The highest BCUT2D eigenvalue weighted by Gasteiger charge is 2.42. The molecule has 154 valence electrons. The normalized spacial score (nSPS) is 20.6. The lowest BCUT2D eigenvalue weighted by atomic mass is 10.0. The summed E-state index contributed by atoms with van der Waals surface area (Å²) in [6, 6.07) is 5.28. The summed E-state index contributed by atoms with van der Waals surface area (Å²) in [5, 5.41) is 12.8. The molecule has 1 aromatic rings. The number of nitrogen functional groups attached to an aromatic ring is 1. The molecule has 0 aliphatic carbocycles. The van der Waals surface area contributed by atoms with Gasteiger partial charge in [0.1, 0.15) is 0 Å². The highest BCUT2D eigenvalue weighted by Crippen LogP contribution is 2.39. The number of rotatable bonds is 4. The zero-order valence-electron chi connectivity index (χ0n) is 17.6. The Morgan fingerprint density at radius 2 is 2.07 bits per heavy atom. The van der Waals surface area contributed by atoms with E-state index in [9.17, 15) is 10.1 Å². The second kappa shape index (κ2) is 8.32. The van der Waals surface area contributed by atoms with Crippen molar-refractivity contribution in [3.63, 3.8) is 0 Å². The van der Waals surface area contributed by atoms with Crippen molar-refractivity contribution in [2.24, 2.45) is 0 Å². The van der Waals surface area contributed by atoms with E-state index in [1.807, 2.05) is 0 Å². The molecule has 0 unspecified atom stereocenters. The zero-order valence-corrected chi connectivity index (χ0v) is 19.4. The topological polar surface area (TPSA) is 91.4 Å². The van der Waals surface area contributed by atoms with Crippen LogP contribution in [0.4, 0.5) is 11.4 Å². The van der Waals surface area contributed by atoms with Crippen LogP contribution in [-0.4, -0.2) is 39.5 Å². The van der Waals surface area contributed by atoms with Crippen molar-refractivity contribution in [1.82, 2.24) is 5.32 Å².